The highest BCUT2D eigenvalue weighted by Crippen LogP contribution is 2.25. The number of ether oxygens (including phenoxy) is 1. The zero-order chi connectivity index (χ0) is 16.8. The molecule has 0 spiro atoms. The summed E-state index contributed by atoms with van der Waals surface area (Å²) in [5.74, 6) is 0.0894. The number of carbonyl (C=O) groups is 1. The van der Waals surface area contributed by atoms with Gasteiger partial charge in [-0.2, -0.15) is 5.10 Å². The molecule has 128 valence electrons. The van der Waals surface area contributed by atoms with Crippen LogP contribution in [-0.4, -0.2) is 70.9 Å². The van der Waals surface area contributed by atoms with Gasteiger partial charge in [-0.15, -0.1) is 0 Å². The molecule has 3 heterocycles. The lowest BCUT2D eigenvalue weighted by molar-refractivity contribution is -0.0870. The van der Waals surface area contributed by atoms with Crippen molar-refractivity contribution in [2.24, 2.45) is 0 Å². The van der Waals surface area contributed by atoms with Gasteiger partial charge in [0.15, 0.2) is 0 Å². The average molecular weight is 320 g/mol. The number of fused-ring (bicyclic) bond motifs is 1. The fourth-order valence-corrected chi connectivity index (χ4v) is 3.45. The monoisotopic (exact) mass is 320 g/mol. The topological polar surface area (TPSA) is 50.6 Å². The smallest absolute Gasteiger partial charge is 0.257 e. The van der Waals surface area contributed by atoms with Crippen LogP contribution in [0.2, 0.25) is 0 Å². The molecule has 6 nitrogen and oxygen atoms in total. The Morgan fingerprint density at radius 2 is 2.09 bits per heavy atom. The highest BCUT2D eigenvalue weighted by molar-refractivity contribution is 5.95. The van der Waals surface area contributed by atoms with Crippen LogP contribution in [0.15, 0.2) is 6.20 Å². The number of likely N-dealkylation sites (tertiary alicyclic amines) is 1. The Bertz CT molecular complexity index is 590. The molecule has 1 aromatic rings. The number of piperidine rings is 1. The van der Waals surface area contributed by atoms with E-state index in [0.717, 1.165) is 25.2 Å². The minimum absolute atomic E-state index is 0.0894. The number of amides is 1. The number of morpholine rings is 1. The Hall–Kier alpha value is -1.40. The molecule has 0 aliphatic carbocycles. The summed E-state index contributed by atoms with van der Waals surface area (Å²) in [5.41, 5.74) is 1.40. The van der Waals surface area contributed by atoms with Gasteiger partial charge >= 0.3 is 0 Å². The van der Waals surface area contributed by atoms with Crippen molar-refractivity contribution in [2.45, 2.75) is 51.8 Å². The second-order valence-electron chi connectivity index (χ2n) is 7.77. The molecule has 2 fully saturated rings. The lowest BCUT2D eigenvalue weighted by atomic mass is 9.98. The minimum atomic E-state index is -0.123. The third-order valence-electron chi connectivity index (χ3n) is 4.87. The molecule has 2 atom stereocenters. The summed E-state index contributed by atoms with van der Waals surface area (Å²) in [6.07, 6.45) is 3.06. The van der Waals surface area contributed by atoms with Crippen molar-refractivity contribution in [1.82, 2.24) is 19.6 Å². The molecule has 2 aliphatic heterocycles. The molecular weight excluding hydrogens is 292 g/mol. The highest BCUT2D eigenvalue weighted by atomic mass is 16.5. The Labute approximate surface area is 138 Å². The summed E-state index contributed by atoms with van der Waals surface area (Å²) < 4.78 is 7.78. The Morgan fingerprint density at radius 1 is 1.35 bits per heavy atom. The van der Waals surface area contributed by atoms with Crippen LogP contribution in [0.3, 0.4) is 0 Å². The van der Waals surface area contributed by atoms with Crippen molar-refractivity contribution < 1.29 is 9.53 Å². The summed E-state index contributed by atoms with van der Waals surface area (Å²) in [4.78, 5) is 17.4. The van der Waals surface area contributed by atoms with Crippen molar-refractivity contribution in [3.05, 3.63) is 17.5 Å². The molecule has 3 rings (SSSR count). The van der Waals surface area contributed by atoms with Crippen molar-refractivity contribution in [3.63, 3.8) is 0 Å². The van der Waals surface area contributed by atoms with Gasteiger partial charge in [0.1, 0.15) is 0 Å². The van der Waals surface area contributed by atoms with Gasteiger partial charge in [0.2, 0.25) is 0 Å². The molecule has 0 unspecified atom stereocenters. The molecule has 0 saturated carbocycles. The van der Waals surface area contributed by atoms with E-state index in [1.807, 2.05) is 22.7 Å². The number of rotatable bonds is 1. The number of aromatic nitrogens is 2. The Kier molecular flexibility index (Phi) is 4.23. The lowest BCUT2D eigenvalue weighted by Crippen LogP contribution is -2.60. The van der Waals surface area contributed by atoms with Crippen LogP contribution in [0.25, 0.3) is 0 Å². The Morgan fingerprint density at radius 3 is 2.74 bits per heavy atom. The fraction of sp³-hybridized carbons (Fsp3) is 0.765. The van der Waals surface area contributed by atoms with E-state index >= 15 is 0 Å². The normalized spacial score (nSPS) is 26.2. The molecule has 0 aromatic carbocycles. The minimum Gasteiger partial charge on any atom is -0.374 e. The van der Waals surface area contributed by atoms with Gasteiger partial charge in [-0.1, -0.05) is 0 Å². The number of hydrogen-bond donors (Lipinski definition) is 0. The van der Waals surface area contributed by atoms with E-state index in [-0.39, 0.29) is 23.6 Å². The van der Waals surface area contributed by atoms with Crippen LogP contribution in [0.1, 0.15) is 43.2 Å². The predicted molar refractivity (Wildman–Crippen MR) is 88.6 cm³/mol. The molecule has 23 heavy (non-hydrogen) atoms. The maximum atomic E-state index is 13.1. The van der Waals surface area contributed by atoms with Crippen molar-refractivity contribution in [2.75, 3.05) is 33.3 Å². The lowest BCUT2D eigenvalue weighted by Gasteiger charge is -2.46. The highest BCUT2D eigenvalue weighted by Gasteiger charge is 2.39. The van der Waals surface area contributed by atoms with E-state index in [9.17, 15) is 4.79 Å². The predicted octanol–water partition coefficient (Wildman–Crippen LogP) is 1.49. The maximum absolute atomic E-state index is 13.1. The second kappa shape index (κ2) is 5.91. The van der Waals surface area contributed by atoms with E-state index < -0.39 is 0 Å². The largest absolute Gasteiger partial charge is 0.374 e. The molecule has 1 amide bonds. The molecular formula is C17H28N4O2. The van der Waals surface area contributed by atoms with Gasteiger partial charge in [-0.05, 0) is 41.2 Å². The molecule has 0 N–H and O–H groups in total. The van der Waals surface area contributed by atoms with Crippen LogP contribution in [-0.2, 0) is 10.3 Å². The molecule has 0 radical (unpaired) electrons. The van der Waals surface area contributed by atoms with E-state index in [2.05, 4.69) is 37.8 Å². The van der Waals surface area contributed by atoms with Crippen LogP contribution in [0, 0.1) is 6.92 Å². The molecule has 2 saturated heterocycles. The van der Waals surface area contributed by atoms with E-state index in [1.54, 1.807) is 0 Å². The SMILES string of the molecule is Cc1nn(C(C)(C)C)cc1C(=O)N1CCO[C@@H]2CCN(C)C[C@@H]21. The van der Waals surface area contributed by atoms with Crippen molar-refractivity contribution in [1.29, 1.82) is 0 Å². The van der Waals surface area contributed by atoms with Crippen LogP contribution >= 0.6 is 0 Å². The number of aryl methyl sites for hydroxylation is 1. The zero-order valence-electron chi connectivity index (χ0n) is 14.9. The van der Waals surface area contributed by atoms with Crippen LogP contribution in [0.4, 0.5) is 0 Å². The summed E-state index contributed by atoms with van der Waals surface area (Å²) in [5, 5.41) is 4.54. The summed E-state index contributed by atoms with van der Waals surface area (Å²) in [6, 6.07) is 0.146. The van der Waals surface area contributed by atoms with Gasteiger partial charge in [0.25, 0.3) is 5.91 Å². The first kappa shape index (κ1) is 16.5. The number of hydrogen-bond acceptors (Lipinski definition) is 4. The van der Waals surface area contributed by atoms with Gasteiger partial charge in [0.05, 0.1) is 35.5 Å². The van der Waals surface area contributed by atoms with Crippen molar-refractivity contribution >= 4 is 5.91 Å². The van der Waals surface area contributed by atoms with Gasteiger partial charge in [-0.3, -0.25) is 9.48 Å². The molecule has 0 bridgehead atoms. The molecule has 6 heteroatoms. The summed E-state index contributed by atoms with van der Waals surface area (Å²) >= 11 is 0. The van der Waals surface area contributed by atoms with E-state index in [1.165, 1.54) is 0 Å². The second-order valence-corrected chi connectivity index (χ2v) is 7.77. The van der Waals surface area contributed by atoms with E-state index in [4.69, 9.17) is 4.74 Å². The average Bonchev–Trinajstić information content (AvgIpc) is 2.88. The van der Waals surface area contributed by atoms with E-state index in [0.29, 0.717) is 18.7 Å². The zero-order valence-corrected chi connectivity index (χ0v) is 14.9. The maximum Gasteiger partial charge on any atom is 0.257 e. The standard InChI is InChI=1S/C17H28N4O2/c1-12-13(10-21(18-12)17(2,3)4)16(22)20-8-9-23-15-6-7-19(5)11-14(15)20/h10,14-15H,6-9,11H2,1-5H3/t14-,15+/m0/s1. The first-order valence-corrected chi connectivity index (χ1v) is 8.45. The number of carbonyl (C=O) groups excluding carboxylic acids is 1. The summed E-state index contributed by atoms with van der Waals surface area (Å²) in [7, 11) is 2.11. The first-order valence-electron chi connectivity index (χ1n) is 8.45. The third kappa shape index (κ3) is 3.15. The molecule has 2 aliphatic rings. The quantitative estimate of drug-likeness (QED) is 0.787. The van der Waals surface area contributed by atoms with Crippen molar-refractivity contribution in [3.8, 4) is 0 Å². The third-order valence-corrected chi connectivity index (χ3v) is 4.87. The number of likely N-dealkylation sites (N-methyl/N-ethyl adjacent to an activating group) is 1. The number of nitrogens with zero attached hydrogens (tertiary/aromatic N) is 4. The molecule has 1 aromatic heterocycles. The first-order chi connectivity index (χ1) is 10.8. The summed E-state index contributed by atoms with van der Waals surface area (Å²) in [6.45, 7) is 11.4. The van der Waals surface area contributed by atoms with Crippen LogP contribution in [0.5, 0.6) is 0 Å². The Balaban J connectivity index is 1.86. The van der Waals surface area contributed by atoms with Gasteiger partial charge < -0.3 is 14.5 Å². The van der Waals surface area contributed by atoms with Gasteiger partial charge in [-0.25, -0.2) is 0 Å². The fourth-order valence-electron chi connectivity index (χ4n) is 3.45. The van der Waals surface area contributed by atoms with Gasteiger partial charge in [0, 0.05) is 25.8 Å². The van der Waals surface area contributed by atoms with Crippen LogP contribution < -0.4 is 0 Å².